The van der Waals surface area contributed by atoms with E-state index < -0.39 is 11.8 Å². The molecule has 3 aromatic carbocycles. The molecule has 0 saturated heterocycles. The smallest absolute Gasteiger partial charge is 0.276 e. The van der Waals surface area contributed by atoms with Crippen molar-refractivity contribution in [3.63, 3.8) is 0 Å². The van der Waals surface area contributed by atoms with Crippen molar-refractivity contribution in [3.05, 3.63) is 94.0 Å². The van der Waals surface area contributed by atoms with Crippen LogP contribution in [0, 0.1) is 6.92 Å². The van der Waals surface area contributed by atoms with Crippen LogP contribution in [0.3, 0.4) is 0 Å². The van der Waals surface area contributed by atoms with Crippen molar-refractivity contribution in [1.29, 1.82) is 0 Å². The normalized spacial score (nSPS) is 10.2. The van der Waals surface area contributed by atoms with E-state index >= 15 is 0 Å². The molecule has 0 unspecified atom stereocenters. The molecule has 0 bridgehead atoms. The number of halogens is 1. The molecular formula is C25H24BrN3O4S. The third-order valence-corrected chi connectivity index (χ3v) is 5.43. The van der Waals surface area contributed by atoms with Gasteiger partial charge in [-0.2, -0.15) is 0 Å². The Morgan fingerprint density at radius 1 is 0.941 bits per heavy atom. The Kier molecular flexibility index (Phi) is 9.42. The molecule has 3 N–H and O–H groups in total. The topological polar surface area (TPSA) is 88.7 Å². The second-order valence-electron chi connectivity index (χ2n) is 7.29. The Hall–Kier alpha value is -3.43. The zero-order chi connectivity index (χ0) is 24.3. The van der Waals surface area contributed by atoms with Crippen molar-refractivity contribution in [1.82, 2.24) is 16.2 Å². The van der Waals surface area contributed by atoms with Crippen molar-refractivity contribution < 1.29 is 19.1 Å². The average molecular weight is 542 g/mol. The minimum Gasteiger partial charge on any atom is -0.493 e. The molecule has 34 heavy (non-hydrogen) atoms. The van der Waals surface area contributed by atoms with Gasteiger partial charge in [-0.1, -0.05) is 36.4 Å². The summed E-state index contributed by atoms with van der Waals surface area (Å²) in [5.74, 6) is 0.341. The van der Waals surface area contributed by atoms with E-state index in [-0.39, 0.29) is 11.7 Å². The van der Waals surface area contributed by atoms with Gasteiger partial charge in [-0.15, -0.1) is 0 Å². The van der Waals surface area contributed by atoms with Crippen LogP contribution in [-0.2, 0) is 11.2 Å². The lowest BCUT2D eigenvalue weighted by atomic mass is 10.2. The fourth-order valence-electron chi connectivity index (χ4n) is 2.87. The molecule has 9 heteroatoms. The summed E-state index contributed by atoms with van der Waals surface area (Å²) in [7, 11) is 0. The third-order valence-electron chi connectivity index (χ3n) is 4.61. The molecule has 0 aliphatic carbocycles. The number of nitrogens with one attached hydrogen (secondary N) is 3. The molecule has 0 aromatic heterocycles. The predicted octanol–water partition coefficient (Wildman–Crippen LogP) is 4.09. The first-order chi connectivity index (χ1) is 16.4. The van der Waals surface area contributed by atoms with Gasteiger partial charge in [0, 0.05) is 12.0 Å². The number of hydrogen-bond donors (Lipinski definition) is 3. The van der Waals surface area contributed by atoms with Gasteiger partial charge in [0.1, 0.15) is 11.5 Å². The van der Waals surface area contributed by atoms with Crippen molar-refractivity contribution in [2.45, 2.75) is 13.3 Å². The van der Waals surface area contributed by atoms with Crippen LogP contribution in [0.5, 0.6) is 11.5 Å². The van der Waals surface area contributed by atoms with Crippen LogP contribution in [0.4, 0.5) is 0 Å². The van der Waals surface area contributed by atoms with Crippen molar-refractivity contribution in [2.24, 2.45) is 0 Å². The quantitative estimate of drug-likeness (QED) is 0.294. The summed E-state index contributed by atoms with van der Waals surface area (Å²) in [6.45, 7) is 2.26. The second kappa shape index (κ2) is 12.7. The Morgan fingerprint density at radius 2 is 1.68 bits per heavy atom. The molecule has 0 heterocycles. The van der Waals surface area contributed by atoms with Crippen LogP contribution in [0.1, 0.15) is 21.5 Å². The first-order valence-corrected chi connectivity index (χ1v) is 11.7. The van der Waals surface area contributed by atoms with E-state index in [2.05, 4.69) is 32.1 Å². The number of carbonyl (C=O) groups is 2. The highest BCUT2D eigenvalue weighted by Gasteiger charge is 2.10. The molecule has 176 valence electrons. The maximum absolute atomic E-state index is 12.4. The Morgan fingerprint density at radius 3 is 2.38 bits per heavy atom. The fourth-order valence-corrected chi connectivity index (χ4v) is 3.62. The summed E-state index contributed by atoms with van der Waals surface area (Å²) in [4.78, 5) is 24.3. The molecule has 2 amide bonds. The number of aryl methyl sites for hydroxylation is 1. The zero-order valence-electron chi connectivity index (χ0n) is 18.5. The maximum Gasteiger partial charge on any atom is 0.276 e. The van der Waals surface area contributed by atoms with Crippen LogP contribution < -0.4 is 25.6 Å². The fraction of sp³-hybridized carbons (Fsp3) is 0.160. The molecule has 7 nitrogen and oxygen atoms in total. The number of hydrazine groups is 1. The maximum atomic E-state index is 12.4. The summed E-state index contributed by atoms with van der Waals surface area (Å²) in [6.07, 6.45) is 0.794. The average Bonchev–Trinajstić information content (AvgIpc) is 2.83. The van der Waals surface area contributed by atoms with E-state index in [4.69, 9.17) is 21.7 Å². The summed E-state index contributed by atoms with van der Waals surface area (Å²) in [5, 5.41) is 2.46. The first-order valence-electron chi connectivity index (χ1n) is 10.5. The van der Waals surface area contributed by atoms with Crippen LogP contribution >= 0.6 is 28.1 Å². The molecule has 0 aliphatic rings. The summed E-state index contributed by atoms with van der Waals surface area (Å²) < 4.78 is 11.9. The molecule has 0 aliphatic heterocycles. The highest BCUT2D eigenvalue weighted by Crippen LogP contribution is 2.25. The van der Waals surface area contributed by atoms with Crippen molar-refractivity contribution in [3.8, 4) is 11.5 Å². The summed E-state index contributed by atoms with van der Waals surface area (Å²) >= 11 is 8.45. The van der Waals surface area contributed by atoms with Crippen molar-refractivity contribution >= 4 is 45.1 Å². The number of carbonyl (C=O) groups excluding carboxylic acids is 2. The summed E-state index contributed by atoms with van der Waals surface area (Å²) in [5.41, 5.74) is 7.53. The first kappa shape index (κ1) is 25.2. The van der Waals surface area contributed by atoms with Gasteiger partial charge in [0.05, 0.1) is 11.1 Å². The number of thiocarbonyl (C=S) groups is 1. The number of ether oxygens (including phenoxy) is 2. The van der Waals surface area contributed by atoms with Gasteiger partial charge in [0.15, 0.2) is 11.7 Å². The van der Waals surface area contributed by atoms with Gasteiger partial charge in [-0.25, -0.2) is 0 Å². The largest absolute Gasteiger partial charge is 0.493 e. The molecule has 0 fully saturated rings. The van der Waals surface area contributed by atoms with Crippen LogP contribution in [0.25, 0.3) is 0 Å². The van der Waals surface area contributed by atoms with Crippen LogP contribution in [0.2, 0.25) is 0 Å². The standard InChI is InChI=1S/C25H24BrN3O4S/c1-17-7-12-22(21(26)15-17)33-16-23(30)28-29-25(34)27-24(31)19-8-10-20(11-9-19)32-14-13-18-5-3-2-4-6-18/h2-12,15H,13-14,16H2,1H3,(H,28,30)(H2,27,29,31,34). The Balaban J connectivity index is 1.37. The van der Waals surface area contributed by atoms with Crippen molar-refractivity contribution in [2.75, 3.05) is 13.2 Å². The van der Waals surface area contributed by atoms with Gasteiger partial charge >= 0.3 is 0 Å². The van der Waals surface area contributed by atoms with E-state index in [1.165, 1.54) is 5.56 Å². The lowest BCUT2D eigenvalue weighted by Gasteiger charge is -2.12. The SMILES string of the molecule is Cc1ccc(OCC(=O)NNC(=S)NC(=O)c2ccc(OCCc3ccccc3)cc2)c(Br)c1. The molecule has 3 rings (SSSR count). The monoisotopic (exact) mass is 541 g/mol. The molecular weight excluding hydrogens is 518 g/mol. The van der Waals surface area contributed by atoms with E-state index in [1.54, 1.807) is 30.3 Å². The molecule has 0 saturated carbocycles. The zero-order valence-corrected chi connectivity index (χ0v) is 20.9. The van der Waals surface area contributed by atoms with E-state index in [0.29, 0.717) is 23.7 Å². The highest BCUT2D eigenvalue weighted by molar-refractivity contribution is 9.10. The van der Waals surface area contributed by atoms with E-state index in [9.17, 15) is 9.59 Å². The molecule has 0 atom stereocenters. The minimum absolute atomic E-state index is 0.0435. The van der Waals surface area contributed by atoms with Gasteiger partial charge < -0.3 is 9.47 Å². The van der Waals surface area contributed by atoms with Crippen LogP contribution in [-0.4, -0.2) is 30.1 Å². The lowest BCUT2D eigenvalue weighted by Crippen LogP contribution is -2.49. The van der Waals surface area contributed by atoms with Crippen LogP contribution in [0.15, 0.2) is 77.3 Å². The van der Waals surface area contributed by atoms with E-state index in [1.807, 2.05) is 49.4 Å². The molecule has 3 aromatic rings. The Labute approximate surface area is 211 Å². The molecule has 0 radical (unpaired) electrons. The van der Waals surface area contributed by atoms with Gasteiger partial charge in [0.25, 0.3) is 11.8 Å². The van der Waals surface area contributed by atoms with Gasteiger partial charge in [-0.05, 0) is 82.6 Å². The van der Waals surface area contributed by atoms with E-state index in [0.717, 1.165) is 16.5 Å². The highest BCUT2D eigenvalue weighted by atomic mass is 79.9. The third kappa shape index (κ3) is 8.17. The van der Waals surface area contributed by atoms with Gasteiger partial charge in [0.2, 0.25) is 0 Å². The number of rotatable bonds is 8. The van der Waals surface area contributed by atoms with Gasteiger partial charge in [-0.3, -0.25) is 25.8 Å². The summed E-state index contributed by atoms with van der Waals surface area (Å²) in [6, 6.07) is 22.3. The second-order valence-corrected chi connectivity index (χ2v) is 8.55. The predicted molar refractivity (Wildman–Crippen MR) is 138 cm³/mol. The lowest BCUT2D eigenvalue weighted by molar-refractivity contribution is -0.123. The minimum atomic E-state index is -0.457. The molecule has 0 spiro atoms. The number of hydrogen-bond acceptors (Lipinski definition) is 5. The number of benzene rings is 3. The number of amides is 2. The Bertz CT molecular complexity index is 1140.